The molecule has 0 bridgehead atoms. The normalized spacial score (nSPS) is 15.1. The van der Waals surface area contributed by atoms with Gasteiger partial charge in [0.25, 0.3) is 5.91 Å². The third kappa shape index (κ3) is 4.09. The number of hydrogen-bond acceptors (Lipinski definition) is 3. The van der Waals surface area contributed by atoms with E-state index in [0.717, 1.165) is 17.1 Å². The van der Waals surface area contributed by atoms with Crippen molar-refractivity contribution in [3.63, 3.8) is 0 Å². The van der Waals surface area contributed by atoms with Gasteiger partial charge in [-0.3, -0.25) is 9.59 Å². The molecular weight excluding hydrogens is 335 g/mol. The number of carbonyl (C=O) groups is 2. The molecule has 0 spiro atoms. The van der Waals surface area contributed by atoms with Crippen LogP contribution in [-0.4, -0.2) is 39.8 Å². The zero-order valence-electron chi connectivity index (χ0n) is 15.0. The molecule has 0 aliphatic carbocycles. The van der Waals surface area contributed by atoms with Crippen molar-refractivity contribution in [2.24, 2.45) is 5.92 Å². The smallest absolute Gasteiger partial charge is 0.274 e. The minimum Gasteiger partial charge on any atom is -0.352 e. The van der Waals surface area contributed by atoms with Crippen molar-refractivity contribution in [3.05, 3.63) is 52.9 Å². The summed E-state index contributed by atoms with van der Waals surface area (Å²) in [6.07, 6.45) is 1.26. The Kier molecular flexibility index (Phi) is 5.35. The minimum atomic E-state index is -0.292. The zero-order chi connectivity index (χ0) is 18.7. The molecule has 7 heteroatoms. The Bertz CT molecular complexity index is 792. The number of rotatable bonds is 4. The Morgan fingerprint density at radius 3 is 2.46 bits per heavy atom. The summed E-state index contributed by atoms with van der Waals surface area (Å²) in [6.45, 7) is 5.12. The average Bonchev–Trinajstić information content (AvgIpc) is 2.98. The molecule has 26 heavy (non-hydrogen) atoms. The number of benzene rings is 1. The Morgan fingerprint density at radius 2 is 1.88 bits per heavy atom. The van der Waals surface area contributed by atoms with E-state index in [1.165, 1.54) is 12.1 Å². The summed E-state index contributed by atoms with van der Waals surface area (Å²) in [4.78, 5) is 34.0. The van der Waals surface area contributed by atoms with Gasteiger partial charge in [-0.2, -0.15) is 0 Å². The second-order valence-electron chi connectivity index (χ2n) is 6.71. The molecule has 2 heterocycles. The first-order valence-corrected chi connectivity index (χ1v) is 8.78. The molecule has 0 atom stereocenters. The maximum atomic E-state index is 12.9. The molecule has 138 valence electrons. The monoisotopic (exact) mass is 358 g/mol. The molecule has 1 aromatic heterocycles. The van der Waals surface area contributed by atoms with Gasteiger partial charge in [-0.05, 0) is 44.4 Å². The molecule has 6 nitrogen and oxygen atoms in total. The molecule has 1 aliphatic heterocycles. The molecule has 2 N–H and O–H groups in total. The van der Waals surface area contributed by atoms with Gasteiger partial charge in [-0.1, -0.05) is 12.1 Å². The molecule has 0 unspecified atom stereocenters. The first kappa shape index (κ1) is 18.1. The van der Waals surface area contributed by atoms with Crippen LogP contribution in [-0.2, 0) is 11.3 Å². The van der Waals surface area contributed by atoms with E-state index in [4.69, 9.17) is 0 Å². The number of nitrogens with zero attached hydrogens (tertiary/aromatic N) is 2. The lowest BCUT2D eigenvalue weighted by atomic mass is 9.95. The fourth-order valence-corrected chi connectivity index (χ4v) is 3.25. The van der Waals surface area contributed by atoms with Gasteiger partial charge in [0.2, 0.25) is 5.91 Å². The third-order valence-corrected chi connectivity index (χ3v) is 4.74. The van der Waals surface area contributed by atoms with Crippen molar-refractivity contribution in [1.29, 1.82) is 0 Å². The molecule has 1 aromatic carbocycles. The van der Waals surface area contributed by atoms with Crippen LogP contribution >= 0.6 is 0 Å². The second kappa shape index (κ2) is 7.68. The van der Waals surface area contributed by atoms with Crippen LogP contribution < -0.4 is 5.32 Å². The van der Waals surface area contributed by atoms with E-state index in [1.54, 1.807) is 17.0 Å². The Hall–Kier alpha value is -2.70. The number of carbonyl (C=O) groups excluding carboxylic acids is 2. The maximum absolute atomic E-state index is 12.9. The SMILES string of the molecule is Cc1nc(C(=O)N2CCC(C(=O)NCc3ccc(F)cc3)CC2)c(C)[nH]1. The number of hydrogen-bond donors (Lipinski definition) is 2. The highest BCUT2D eigenvalue weighted by molar-refractivity contribution is 5.93. The van der Waals surface area contributed by atoms with Crippen LogP contribution in [0.2, 0.25) is 0 Å². The first-order chi connectivity index (χ1) is 12.4. The average molecular weight is 358 g/mol. The van der Waals surface area contributed by atoms with E-state index < -0.39 is 0 Å². The molecule has 0 saturated carbocycles. The molecule has 1 fully saturated rings. The van der Waals surface area contributed by atoms with Crippen LogP contribution in [0.3, 0.4) is 0 Å². The minimum absolute atomic E-state index is 0.0202. The van der Waals surface area contributed by atoms with Gasteiger partial charge in [0.15, 0.2) is 0 Å². The van der Waals surface area contributed by atoms with Gasteiger partial charge in [0.05, 0.1) is 0 Å². The number of amides is 2. The second-order valence-corrected chi connectivity index (χ2v) is 6.71. The summed E-state index contributed by atoms with van der Waals surface area (Å²) in [5.74, 6) is 0.215. The maximum Gasteiger partial charge on any atom is 0.274 e. The number of H-pyrrole nitrogens is 1. The topological polar surface area (TPSA) is 78.1 Å². The van der Waals surface area contributed by atoms with Gasteiger partial charge < -0.3 is 15.2 Å². The highest BCUT2D eigenvalue weighted by Gasteiger charge is 2.29. The Balaban J connectivity index is 1.49. The summed E-state index contributed by atoms with van der Waals surface area (Å²) >= 11 is 0. The van der Waals surface area contributed by atoms with Gasteiger partial charge >= 0.3 is 0 Å². The van der Waals surface area contributed by atoms with Crippen molar-refractivity contribution in [2.75, 3.05) is 13.1 Å². The van der Waals surface area contributed by atoms with E-state index >= 15 is 0 Å². The molecule has 1 saturated heterocycles. The van der Waals surface area contributed by atoms with Crippen molar-refractivity contribution >= 4 is 11.8 Å². The highest BCUT2D eigenvalue weighted by atomic mass is 19.1. The van der Waals surface area contributed by atoms with Crippen LogP contribution in [0.25, 0.3) is 0 Å². The lowest BCUT2D eigenvalue weighted by molar-refractivity contribution is -0.126. The summed E-state index contributed by atoms with van der Waals surface area (Å²) in [5, 5.41) is 2.89. The summed E-state index contributed by atoms with van der Waals surface area (Å²) in [7, 11) is 0. The molecular formula is C19H23FN4O2. The van der Waals surface area contributed by atoms with Crippen molar-refractivity contribution in [1.82, 2.24) is 20.2 Å². The predicted octanol–water partition coefficient (Wildman–Crippen LogP) is 2.33. The van der Waals surface area contributed by atoms with Crippen LogP contribution in [0, 0.1) is 25.6 Å². The van der Waals surface area contributed by atoms with Crippen LogP contribution in [0.4, 0.5) is 4.39 Å². The quantitative estimate of drug-likeness (QED) is 0.881. The van der Waals surface area contributed by atoms with Crippen molar-refractivity contribution in [3.8, 4) is 0 Å². The van der Waals surface area contributed by atoms with Gasteiger partial charge in [-0.25, -0.2) is 9.37 Å². The number of likely N-dealkylation sites (tertiary alicyclic amines) is 1. The summed E-state index contributed by atoms with van der Waals surface area (Å²) in [5.41, 5.74) is 2.09. The van der Waals surface area contributed by atoms with E-state index in [9.17, 15) is 14.0 Å². The highest BCUT2D eigenvalue weighted by Crippen LogP contribution is 2.20. The third-order valence-electron chi connectivity index (χ3n) is 4.74. The molecule has 2 aromatic rings. The number of halogens is 1. The molecule has 3 rings (SSSR count). The molecule has 0 radical (unpaired) electrons. The lowest BCUT2D eigenvalue weighted by Gasteiger charge is -2.31. The van der Waals surface area contributed by atoms with Crippen LogP contribution in [0.15, 0.2) is 24.3 Å². The first-order valence-electron chi connectivity index (χ1n) is 8.78. The van der Waals surface area contributed by atoms with E-state index in [0.29, 0.717) is 38.2 Å². The van der Waals surface area contributed by atoms with Gasteiger partial charge in [0, 0.05) is 31.2 Å². The summed E-state index contributed by atoms with van der Waals surface area (Å²) < 4.78 is 12.9. The largest absolute Gasteiger partial charge is 0.352 e. The Morgan fingerprint density at radius 1 is 1.23 bits per heavy atom. The number of aryl methyl sites for hydroxylation is 2. The lowest BCUT2D eigenvalue weighted by Crippen LogP contribution is -2.43. The predicted molar refractivity (Wildman–Crippen MR) is 94.9 cm³/mol. The van der Waals surface area contributed by atoms with Gasteiger partial charge in [0.1, 0.15) is 17.3 Å². The molecule has 2 amide bonds. The van der Waals surface area contributed by atoms with Gasteiger partial charge in [-0.15, -0.1) is 0 Å². The van der Waals surface area contributed by atoms with E-state index in [1.807, 2.05) is 13.8 Å². The van der Waals surface area contributed by atoms with Crippen LogP contribution in [0.5, 0.6) is 0 Å². The fourth-order valence-electron chi connectivity index (χ4n) is 3.25. The number of imidazole rings is 1. The fraction of sp³-hybridized carbons (Fsp3) is 0.421. The van der Waals surface area contributed by atoms with Crippen LogP contribution in [0.1, 0.15) is 40.4 Å². The summed E-state index contributed by atoms with van der Waals surface area (Å²) in [6, 6.07) is 6.07. The standard InChI is InChI=1S/C19H23FN4O2/c1-12-17(23-13(2)22-12)19(26)24-9-7-15(8-10-24)18(25)21-11-14-3-5-16(20)6-4-14/h3-6,15H,7-11H2,1-2H3,(H,21,25)(H,22,23). The number of aromatic amines is 1. The number of piperidine rings is 1. The number of nitrogens with one attached hydrogen (secondary N) is 2. The van der Waals surface area contributed by atoms with E-state index in [2.05, 4.69) is 15.3 Å². The zero-order valence-corrected chi connectivity index (χ0v) is 15.0. The Labute approximate surface area is 151 Å². The number of aromatic nitrogens is 2. The van der Waals surface area contributed by atoms with E-state index in [-0.39, 0.29) is 23.5 Å². The molecule has 1 aliphatic rings. The van der Waals surface area contributed by atoms with Crippen molar-refractivity contribution < 1.29 is 14.0 Å². The van der Waals surface area contributed by atoms with Crippen molar-refractivity contribution in [2.45, 2.75) is 33.2 Å².